The average molecular weight is 798 g/mol. The summed E-state index contributed by atoms with van der Waals surface area (Å²) in [6.45, 7) is 14.7. The molecule has 320 valence electrons. The van der Waals surface area contributed by atoms with Gasteiger partial charge in [-0.15, -0.1) is 0 Å². The van der Waals surface area contributed by atoms with E-state index < -0.39 is 103 Å². The summed E-state index contributed by atoms with van der Waals surface area (Å²) < 4.78 is 48.8. The van der Waals surface area contributed by atoms with Gasteiger partial charge in [-0.2, -0.15) is 0 Å². The molecule has 2 N–H and O–H groups in total. The van der Waals surface area contributed by atoms with Gasteiger partial charge in [-0.05, 0) is 53.6 Å². The molecule has 0 aromatic rings. The first kappa shape index (κ1) is 47.5. The summed E-state index contributed by atoms with van der Waals surface area (Å²) in [5.74, 6) is -2.72. The number of ether oxygens (including phenoxy) is 8. The van der Waals surface area contributed by atoms with Crippen LogP contribution in [0.3, 0.4) is 0 Å². The molecule has 16 atom stereocenters. The number of rotatable bonds is 12. The molecule has 56 heavy (non-hydrogen) atoms. The summed E-state index contributed by atoms with van der Waals surface area (Å²) >= 11 is 0. The fourth-order valence-electron chi connectivity index (χ4n) is 7.79. The maximum Gasteiger partial charge on any atom is 0.309 e. The Bertz CT molecular complexity index is 1300. The van der Waals surface area contributed by atoms with E-state index in [4.69, 9.17) is 37.9 Å². The van der Waals surface area contributed by atoms with Crippen LogP contribution in [0, 0.1) is 17.8 Å². The Morgan fingerprint density at radius 3 is 2.12 bits per heavy atom. The number of aliphatic hydroxyl groups excluding tert-OH is 2. The molecule has 0 unspecified atom stereocenters. The zero-order chi connectivity index (χ0) is 41.7. The number of carbonyl (C=O) groups excluding carboxylic acids is 4. The Balaban J connectivity index is 2.00. The molecule has 0 saturated carbocycles. The molecule has 0 radical (unpaired) electrons. The van der Waals surface area contributed by atoms with E-state index >= 15 is 0 Å². The van der Waals surface area contributed by atoms with Crippen LogP contribution in [0.15, 0.2) is 24.3 Å². The maximum absolute atomic E-state index is 13.3. The molecule has 3 aliphatic rings. The van der Waals surface area contributed by atoms with Gasteiger partial charge in [-0.25, -0.2) is 0 Å². The van der Waals surface area contributed by atoms with Crippen molar-refractivity contribution in [2.24, 2.45) is 17.8 Å². The zero-order valence-electron chi connectivity index (χ0n) is 34.8. The molecule has 2 fully saturated rings. The number of hydrogen-bond acceptors (Lipinski definition) is 15. The predicted octanol–water partition coefficient (Wildman–Crippen LogP) is 4.00. The van der Waals surface area contributed by atoms with Crippen LogP contribution in [-0.2, 0) is 57.1 Å². The highest BCUT2D eigenvalue weighted by Gasteiger charge is 2.51. The lowest BCUT2D eigenvalue weighted by molar-refractivity contribution is -0.336. The molecule has 2 saturated heterocycles. The standard InChI is InChI=1S/C41H67NO14/c1-11-28-30(53-32(45)12-2)21-34(47)50-25(6)17-15-14-16-18-29(44)23(4)19-31(49-22-43)40(28)56-41-37(48)36(42(9)10)39(27(8)52-41)55-35-20-24(5)38(26(7)51-35)54-33(46)13-3/h14-16,18,22-31,35-41,44,48H,11-13,17,19-21H2,1-10H3/b15-14+,18-16+/t23-,24+,25-,26+,27-,28+,29+,30-,31+,35+,36-,37-,38-,39-,40-,41+/m1/s1. The Hall–Kier alpha value is -2.92. The highest BCUT2D eigenvalue weighted by Crippen LogP contribution is 2.37. The van der Waals surface area contributed by atoms with E-state index in [1.165, 1.54) is 0 Å². The third-order valence-electron chi connectivity index (χ3n) is 10.9. The summed E-state index contributed by atoms with van der Waals surface area (Å²) in [4.78, 5) is 52.1. The fraction of sp³-hybridized carbons (Fsp3) is 0.805. The summed E-state index contributed by atoms with van der Waals surface area (Å²) in [6, 6.07) is -0.686. The van der Waals surface area contributed by atoms with Gasteiger partial charge in [0.15, 0.2) is 12.6 Å². The first-order valence-corrected chi connectivity index (χ1v) is 20.2. The number of cyclic esters (lactones) is 1. The largest absolute Gasteiger partial charge is 0.462 e. The molecule has 0 aromatic heterocycles. The van der Waals surface area contributed by atoms with Gasteiger partial charge in [-0.3, -0.25) is 19.2 Å². The normalized spacial score (nSPS) is 40.2. The number of hydrogen-bond donors (Lipinski definition) is 2. The molecule has 0 aliphatic carbocycles. The lowest BCUT2D eigenvalue weighted by Crippen LogP contribution is -2.65. The highest BCUT2D eigenvalue weighted by molar-refractivity contribution is 5.72. The number of carbonyl (C=O) groups is 4. The average Bonchev–Trinajstić information content (AvgIpc) is 3.13. The van der Waals surface area contributed by atoms with Crippen LogP contribution in [0.5, 0.6) is 0 Å². The Morgan fingerprint density at radius 1 is 0.857 bits per heavy atom. The van der Waals surface area contributed by atoms with Gasteiger partial charge < -0.3 is 53.0 Å². The zero-order valence-corrected chi connectivity index (χ0v) is 34.8. The van der Waals surface area contributed by atoms with Gasteiger partial charge in [0.25, 0.3) is 6.47 Å². The minimum Gasteiger partial charge on any atom is -0.462 e. The monoisotopic (exact) mass is 797 g/mol. The van der Waals surface area contributed by atoms with Crippen molar-refractivity contribution in [2.45, 2.75) is 180 Å². The van der Waals surface area contributed by atoms with E-state index in [-0.39, 0.29) is 37.6 Å². The Labute approximate surface area is 332 Å². The van der Waals surface area contributed by atoms with Crippen molar-refractivity contribution in [3.05, 3.63) is 24.3 Å². The van der Waals surface area contributed by atoms with Gasteiger partial charge in [0.05, 0.1) is 30.8 Å². The van der Waals surface area contributed by atoms with Crippen LogP contribution < -0.4 is 0 Å². The molecule has 15 heteroatoms. The topological polar surface area (TPSA) is 186 Å². The molecule has 0 aromatic carbocycles. The quantitative estimate of drug-likeness (QED) is 0.164. The van der Waals surface area contributed by atoms with Crippen molar-refractivity contribution in [1.82, 2.24) is 4.90 Å². The lowest BCUT2D eigenvalue weighted by atomic mass is 9.83. The van der Waals surface area contributed by atoms with Gasteiger partial charge in [-0.1, -0.05) is 58.9 Å². The number of aliphatic hydroxyl groups is 2. The van der Waals surface area contributed by atoms with Crippen molar-refractivity contribution in [3.63, 3.8) is 0 Å². The van der Waals surface area contributed by atoms with Gasteiger partial charge in [0, 0.05) is 37.5 Å². The first-order valence-electron chi connectivity index (χ1n) is 20.2. The minimum atomic E-state index is -1.32. The van der Waals surface area contributed by atoms with Crippen LogP contribution in [0.2, 0.25) is 0 Å². The van der Waals surface area contributed by atoms with Gasteiger partial charge >= 0.3 is 17.9 Å². The Morgan fingerprint density at radius 2 is 1.52 bits per heavy atom. The summed E-state index contributed by atoms with van der Waals surface area (Å²) in [7, 11) is 3.59. The van der Waals surface area contributed by atoms with E-state index in [1.54, 1.807) is 66.9 Å². The van der Waals surface area contributed by atoms with E-state index in [0.717, 1.165) is 0 Å². The SMILES string of the molecule is CCC(=O)O[C@H]1[C@H](C)O[C@@H](O[C@H]2[C@H](N(C)C)[C@@H](O)[C@H](O[C@@H]3[C@@H](CC)[C@H](OC(=O)CC)CC(=O)O[C@H](C)C/C=C/C=C/[C@H](O)[C@H](C)C[C@@H]3OC=O)O[C@@H]2C)C[C@@H]1C. The molecule has 15 nitrogen and oxygen atoms in total. The maximum atomic E-state index is 13.3. The van der Waals surface area contributed by atoms with E-state index in [1.807, 2.05) is 31.7 Å². The van der Waals surface area contributed by atoms with Crippen molar-refractivity contribution in [1.29, 1.82) is 0 Å². The van der Waals surface area contributed by atoms with Gasteiger partial charge in [0.2, 0.25) is 0 Å². The van der Waals surface area contributed by atoms with Crippen molar-refractivity contribution < 1.29 is 67.3 Å². The first-order chi connectivity index (χ1) is 26.5. The fourth-order valence-corrected chi connectivity index (χ4v) is 7.79. The number of nitrogens with zero attached hydrogens (tertiary/aromatic N) is 1. The molecule has 0 spiro atoms. The summed E-state index contributed by atoms with van der Waals surface area (Å²) in [6.07, 6.45) is -2.02. The van der Waals surface area contributed by atoms with Crippen LogP contribution in [0.4, 0.5) is 0 Å². The molecule has 0 bridgehead atoms. The van der Waals surface area contributed by atoms with E-state index in [0.29, 0.717) is 25.7 Å². The third kappa shape index (κ3) is 13.3. The van der Waals surface area contributed by atoms with Crippen LogP contribution >= 0.6 is 0 Å². The molecule has 3 rings (SSSR count). The van der Waals surface area contributed by atoms with Crippen LogP contribution in [-0.4, -0.2) is 133 Å². The lowest BCUT2D eigenvalue weighted by Gasteiger charge is -2.49. The second kappa shape index (κ2) is 22.9. The number of likely N-dealkylation sites (N-methyl/N-ethyl adjacent to an activating group) is 1. The van der Waals surface area contributed by atoms with Crippen molar-refractivity contribution in [2.75, 3.05) is 14.1 Å². The Kier molecular flexibility index (Phi) is 19.4. The molecular weight excluding hydrogens is 730 g/mol. The smallest absolute Gasteiger partial charge is 0.309 e. The second-order valence-electron chi connectivity index (χ2n) is 15.6. The van der Waals surface area contributed by atoms with Crippen LogP contribution in [0.1, 0.15) is 100 Å². The van der Waals surface area contributed by atoms with E-state index in [2.05, 4.69) is 0 Å². The van der Waals surface area contributed by atoms with Crippen LogP contribution in [0.25, 0.3) is 0 Å². The van der Waals surface area contributed by atoms with Crippen molar-refractivity contribution >= 4 is 24.4 Å². The minimum absolute atomic E-state index is 0.0409. The number of esters is 3. The highest BCUT2D eigenvalue weighted by atomic mass is 16.7. The summed E-state index contributed by atoms with van der Waals surface area (Å²) in [5, 5.41) is 23.1. The molecule has 3 heterocycles. The molecular formula is C41H67NO14. The predicted molar refractivity (Wildman–Crippen MR) is 204 cm³/mol. The van der Waals surface area contributed by atoms with Gasteiger partial charge in [0.1, 0.15) is 42.7 Å². The van der Waals surface area contributed by atoms with E-state index in [9.17, 15) is 29.4 Å². The molecule has 0 amide bonds. The van der Waals surface area contributed by atoms with Crippen molar-refractivity contribution in [3.8, 4) is 0 Å². The molecule has 3 aliphatic heterocycles. The third-order valence-corrected chi connectivity index (χ3v) is 10.9. The number of allylic oxidation sites excluding steroid dienone is 2. The second-order valence-corrected chi connectivity index (χ2v) is 15.6. The summed E-state index contributed by atoms with van der Waals surface area (Å²) in [5.41, 5.74) is 0.